The number of hydrogen-bond donors (Lipinski definition) is 0. The number of carbonyl (C=O) groups is 1. The molecule has 4 heteroatoms. The van der Waals surface area contributed by atoms with Crippen molar-refractivity contribution in [2.45, 2.75) is 5.92 Å². The summed E-state index contributed by atoms with van der Waals surface area (Å²) in [5.74, 6) is -0.987. The van der Waals surface area contributed by atoms with Crippen LogP contribution >= 0.6 is 34.2 Å². The summed E-state index contributed by atoms with van der Waals surface area (Å²) >= 11 is 7.95. The van der Waals surface area contributed by atoms with Crippen molar-refractivity contribution in [3.8, 4) is 6.07 Å². The van der Waals surface area contributed by atoms with Gasteiger partial charge in [0.15, 0.2) is 5.78 Å². The number of rotatable bonds is 3. The number of Topliss-reactive ketones (excluding diaryl/α,β-unsaturated/α-hetero) is 1. The Morgan fingerprint density at radius 3 is 2.47 bits per heavy atom. The van der Waals surface area contributed by atoms with Gasteiger partial charge in [-0.05, 0) is 52.4 Å². The fourth-order valence-corrected chi connectivity index (χ4v) is 2.42. The van der Waals surface area contributed by atoms with E-state index in [4.69, 9.17) is 11.6 Å². The first kappa shape index (κ1) is 14.0. The molecule has 0 amide bonds. The second-order valence-corrected chi connectivity index (χ2v) is 5.67. The maximum Gasteiger partial charge on any atom is 0.184 e. The smallest absolute Gasteiger partial charge is 0.184 e. The predicted octanol–water partition coefficient (Wildman–Crippen LogP) is 4.43. The molecule has 0 N–H and O–H groups in total. The van der Waals surface area contributed by atoms with Crippen LogP contribution in [0.5, 0.6) is 0 Å². The van der Waals surface area contributed by atoms with E-state index >= 15 is 0 Å². The first-order valence-corrected chi connectivity index (χ1v) is 7.02. The SMILES string of the molecule is N#CC(C(=O)c1cccc(I)c1)c1ccc(Cl)cc1. The molecule has 0 saturated carbocycles. The quantitative estimate of drug-likeness (QED) is 0.583. The van der Waals surface area contributed by atoms with Crippen molar-refractivity contribution in [1.29, 1.82) is 5.26 Å². The summed E-state index contributed by atoms with van der Waals surface area (Å²) in [6.45, 7) is 0. The zero-order chi connectivity index (χ0) is 13.8. The summed E-state index contributed by atoms with van der Waals surface area (Å²) in [6, 6.07) is 16.1. The molecule has 0 fully saturated rings. The average molecular weight is 382 g/mol. The van der Waals surface area contributed by atoms with E-state index in [0.29, 0.717) is 16.1 Å². The molecule has 0 radical (unpaired) electrons. The van der Waals surface area contributed by atoms with Crippen molar-refractivity contribution in [2.75, 3.05) is 0 Å². The zero-order valence-electron chi connectivity index (χ0n) is 9.81. The number of nitriles is 1. The topological polar surface area (TPSA) is 40.9 Å². The lowest BCUT2D eigenvalue weighted by molar-refractivity contribution is 0.0979. The van der Waals surface area contributed by atoms with Gasteiger partial charge in [-0.2, -0.15) is 5.26 Å². The van der Waals surface area contributed by atoms with Gasteiger partial charge in [0.25, 0.3) is 0 Å². The molecule has 1 unspecified atom stereocenters. The van der Waals surface area contributed by atoms with Crippen molar-refractivity contribution in [3.05, 3.63) is 68.3 Å². The maximum absolute atomic E-state index is 12.4. The molecule has 0 spiro atoms. The van der Waals surface area contributed by atoms with Crippen LogP contribution in [-0.4, -0.2) is 5.78 Å². The second kappa shape index (κ2) is 6.18. The number of benzene rings is 2. The van der Waals surface area contributed by atoms with Gasteiger partial charge in [0.2, 0.25) is 0 Å². The Balaban J connectivity index is 2.35. The summed E-state index contributed by atoms with van der Waals surface area (Å²) < 4.78 is 0.969. The number of ketones is 1. The fraction of sp³-hybridized carbons (Fsp3) is 0.0667. The van der Waals surface area contributed by atoms with E-state index in [-0.39, 0.29) is 5.78 Å². The van der Waals surface area contributed by atoms with Gasteiger partial charge in [0.1, 0.15) is 5.92 Å². The number of halogens is 2. The van der Waals surface area contributed by atoms with Gasteiger partial charge in [-0.25, -0.2) is 0 Å². The van der Waals surface area contributed by atoms with Crippen molar-refractivity contribution < 1.29 is 4.79 Å². The third kappa shape index (κ3) is 3.34. The van der Waals surface area contributed by atoms with Gasteiger partial charge in [0, 0.05) is 14.2 Å². The van der Waals surface area contributed by atoms with Crippen molar-refractivity contribution in [3.63, 3.8) is 0 Å². The van der Waals surface area contributed by atoms with Gasteiger partial charge < -0.3 is 0 Å². The van der Waals surface area contributed by atoms with Crippen LogP contribution < -0.4 is 0 Å². The highest BCUT2D eigenvalue weighted by atomic mass is 127. The van der Waals surface area contributed by atoms with E-state index in [1.165, 1.54) is 0 Å². The van der Waals surface area contributed by atoms with E-state index in [1.54, 1.807) is 36.4 Å². The lowest BCUT2D eigenvalue weighted by atomic mass is 9.92. The van der Waals surface area contributed by atoms with E-state index in [1.807, 2.05) is 12.1 Å². The summed E-state index contributed by atoms with van der Waals surface area (Å²) in [5.41, 5.74) is 1.21. The van der Waals surface area contributed by atoms with Gasteiger partial charge in [-0.3, -0.25) is 4.79 Å². The lowest BCUT2D eigenvalue weighted by Gasteiger charge is -2.09. The molecule has 0 heterocycles. The Labute approximate surface area is 130 Å². The first-order chi connectivity index (χ1) is 9.11. The monoisotopic (exact) mass is 381 g/mol. The Hall–Kier alpha value is -1.38. The zero-order valence-corrected chi connectivity index (χ0v) is 12.7. The van der Waals surface area contributed by atoms with Crippen molar-refractivity contribution in [2.24, 2.45) is 0 Å². The molecule has 2 nitrogen and oxygen atoms in total. The van der Waals surface area contributed by atoms with E-state index in [0.717, 1.165) is 3.57 Å². The predicted molar refractivity (Wildman–Crippen MR) is 83.3 cm³/mol. The third-order valence-corrected chi connectivity index (χ3v) is 3.63. The van der Waals surface area contributed by atoms with Crippen molar-refractivity contribution in [1.82, 2.24) is 0 Å². The minimum atomic E-state index is -0.796. The van der Waals surface area contributed by atoms with Crippen LogP contribution in [0.1, 0.15) is 21.8 Å². The lowest BCUT2D eigenvalue weighted by Crippen LogP contribution is -2.11. The number of hydrogen-bond acceptors (Lipinski definition) is 2. The number of carbonyl (C=O) groups excluding carboxylic acids is 1. The maximum atomic E-state index is 12.4. The van der Waals surface area contributed by atoms with Crippen LogP contribution in [0.4, 0.5) is 0 Å². The third-order valence-electron chi connectivity index (χ3n) is 2.70. The summed E-state index contributed by atoms with van der Waals surface area (Å²) in [4.78, 5) is 12.4. The first-order valence-electron chi connectivity index (χ1n) is 5.56. The molecular weight excluding hydrogens is 373 g/mol. The molecule has 0 bridgehead atoms. The summed E-state index contributed by atoms with van der Waals surface area (Å²) in [5, 5.41) is 9.83. The van der Waals surface area contributed by atoms with E-state index in [2.05, 4.69) is 28.7 Å². The summed E-state index contributed by atoms with van der Waals surface area (Å²) in [7, 11) is 0. The van der Waals surface area contributed by atoms with Crippen molar-refractivity contribution >= 4 is 40.0 Å². The second-order valence-electron chi connectivity index (χ2n) is 3.99. The molecular formula is C15H9ClINO. The Morgan fingerprint density at radius 1 is 1.21 bits per heavy atom. The molecule has 0 saturated heterocycles. The van der Waals surface area contributed by atoms with Crippen LogP contribution in [-0.2, 0) is 0 Å². The van der Waals surface area contributed by atoms with Crippen LogP contribution in [0.3, 0.4) is 0 Å². The van der Waals surface area contributed by atoms with E-state index < -0.39 is 5.92 Å². The molecule has 0 aromatic heterocycles. The van der Waals surface area contributed by atoms with Gasteiger partial charge in [0.05, 0.1) is 6.07 Å². The molecule has 0 aliphatic carbocycles. The standard InChI is InChI=1S/C15H9ClINO/c16-12-6-4-10(5-7-12)14(9-18)15(19)11-2-1-3-13(17)8-11/h1-8,14H. The largest absolute Gasteiger partial charge is 0.292 e. The fourth-order valence-electron chi connectivity index (χ4n) is 1.75. The highest BCUT2D eigenvalue weighted by Crippen LogP contribution is 2.23. The molecule has 2 aromatic carbocycles. The van der Waals surface area contributed by atoms with Crippen LogP contribution in [0.15, 0.2) is 48.5 Å². The van der Waals surface area contributed by atoms with E-state index in [9.17, 15) is 10.1 Å². The molecule has 0 aliphatic rings. The van der Waals surface area contributed by atoms with Gasteiger partial charge in [-0.15, -0.1) is 0 Å². The molecule has 2 rings (SSSR count). The van der Waals surface area contributed by atoms with Crippen LogP contribution in [0, 0.1) is 14.9 Å². The number of nitrogens with zero attached hydrogens (tertiary/aromatic N) is 1. The van der Waals surface area contributed by atoms with Gasteiger partial charge in [-0.1, -0.05) is 35.9 Å². The Kier molecular flexibility index (Phi) is 4.56. The Bertz CT molecular complexity index is 646. The van der Waals surface area contributed by atoms with Crippen LogP contribution in [0.2, 0.25) is 5.02 Å². The van der Waals surface area contributed by atoms with Crippen LogP contribution in [0.25, 0.3) is 0 Å². The molecule has 94 valence electrons. The highest BCUT2D eigenvalue weighted by molar-refractivity contribution is 14.1. The normalized spacial score (nSPS) is 11.6. The molecule has 2 aromatic rings. The Morgan fingerprint density at radius 2 is 1.89 bits per heavy atom. The minimum absolute atomic E-state index is 0.191. The average Bonchev–Trinajstić information content (AvgIpc) is 2.41. The minimum Gasteiger partial charge on any atom is -0.292 e. The summed E-state index contributed by atoms with van der Waals surface area (Å²) in [6.07, 6.45) is 0. The highest BCUT2D eigenvalue weighted by Gasteiger charge is 2.21. The molecule has 1 atom stereocenters. The molecule has 0 aliphatic heterocycles. The molecule has 19 heavy (non-hydrogen) atoms. The van der Waals surface area contributed by atoms with Gasteiger partial charge >= 0.3 is 0 Å².